The zero-order chi connectivity index (χ0) is 16.4. The van der Waals surface area contributed by atoms with E-state index in [1.165, 1.54) is 0 Å². The molecule has 0 saturated carbocycles. The van der Waals surface area contributed by atoms with Crippen LogP contribution in [0.5, 0.6) is 5.75 Å². The van der Waals surface area contributed by atoms with Crippen LogP contribution in [-0.2, 0) is 0 Å². The van der Waals surface area contributed by atoms with E-state index in [9.17, 15) is 10.2 Å². The molecule has 23 heavy (non-hydrogen) atoms. The van der Waals surface area contributed by atoms with Crippen molar-refractivity contribution in [3.05, 3.63) is 48.2 Å². The number of phenolic OH excluding ortho intramolecular Hbond substituents is 1. The number of aromatic hydroxyl groups is 1. The normalized spacial score (nSPS) is 24.3. The van der Waals surface area contributed by atoms with Crippen LogP contribution in [0.4, 0.5) is 0 Å². The number of pyridine rings is 1. The highest BCUT2D eigenvalue weighted by Crippen LogP contribution is 2.34. The average Bonchev–Trinajstić information content (AvgIpc) is 2.55. The highest BCUT2D eigenvalue weighted by Gasteiger charge is 2.31. The predicted molar refractivity (Wildman–Crippen MR) is 92.3 cm³/mol. The molecule has 2 aromatic rings. The molecule has 1 aliphatic rings. The van der Waals surface area contributed by atoms with Gasteiger partial charge in [-0.05, 0) is 69.1 Å². The van der Waals surface area contributed by atoms with Gasteiger partial charge in [0.05, 0.1) is 11.6 Å². The zero-order valence-corrected chi connectivity index (χ0v) is 13.7. The Morgan fingerprint density at radius 3 is 2.96 bits per heavy atom. The molecule has 1 saturated heterocycles. The number of likely N-dealkylation sites (N-methyl/N-ethyl adjacent to an activating group) is 1. The molecule has 2 heterocycles. The lowest BCUT2D eigenvalue weighted by Crippen LogP contribution is -2.43. The molecule has 122 valence electrons. The van der Waals surface area contributed by atoms with Gasteiger partial charge in [-0.15, -0.1) is 0 Å². The van der Waals surface area contributed by atoms with Gasteiger partial charge in [-0.2, -0.15) is 0 Å². The van der Waals surface area contributed by atoms with E-state index < -0.39 is 6.10 Å². The average molecular weight is 312 g/mol. The highest BCUT2D eigenvalue weighted by molar-refractivity contribution is 5.83. The largest absolute Gasteiger partial charge is 0.508 e. The topological polar surface area (TPSA) is 56.6 Å². The predicted octanol–water partition coefficient (Wildman–Crippen LogP) is 3.26. The minimum atomic E-state index is -0.597. The van der Waals surface area contributed by atoms with E-state index in [2.05, 4.69) is 29.1 Å². The Labute approximate surface area is 137 Å². The van der Waals surface area contributed by atoms with Crippen LogP contribution in [0, 0.1) is 5.92 Å². The van der Waals surface area contributed by atoms with Crippen molar-refractivity contribution in [2.75, 3.05) is 13.6 Å². The molecule has 1 fully saturated rings. The van der Waals surface area contributed by atoms with E-state index in [0.29, 0.717) is 5.92 Å². The molecule has 0 bridgehead atoms. The molecular weight excluding hydrogens is 288 g/mol. The number of aliphatic hydroxyl groups is 1. The number of aliphatic hydroxyl groups excluding tert-OH is 1. The summed E-state index contributed by atoms with van der Waals surface area (Å²) in [5, 5.41) is 21.6. The van der Waals surface area contributed by atoms with Crippen LogP contribution in [0.1, 0.15) is 31.4 Å². The van der Waals surface area contributed by atoms with Crippen LogP contribution in [0.25, 0.3) is 10.9 Å². The van der Waals surface area contributed by atoms with Crippen molar-refractivity contribution in [3.63, 3.8) is 0 Å². The highest BCUT2D eigenvalue weighted by atomic mass is 16.3. The maximum Gasteiger partial charge on any atom is 0.116 e. The first-order valence-corrected chi connectivity index (χ1v) is 8.19. The Kier molecular flexibility index (Phi) is 4.64. The molecule has 0 aliphatic carbocycles. The SMILES string of the molecule is CC=CC1CCN(C)[C@@H]([C@@H](O)c2ccnc3ccc(O)cc23)C1. The van der Waals surface area contributed by atoms with Gasteiger partial charge in [-0.25, -0.2) is 0 Å². The third-order valence-corrected chi connectivity index (χ3v) is 4.87. The first kappa shape index (κ1) is 16.0. The molecule has 4 heteroatoms. The Morgan fingerprint density at radius 2 is 2.17 bits per heavy atom. The summed E-state index contributed by atoms with van der Waals surface area (Å²) in [6.45, 7) is 3.02. The van der Waals surface area contributed by atoms with Crippen LogP contribution in [-0.4, -0.2) is 39.7 Å². The van der Waals surface area contributed by atoms with E-state index in [4.69, 9.17) is 0 Å². The molecule has 1 aliphatic heterocycles. The van der Waals surface area contributed by atoms with Gasteiger partial charge in [0.2, 0.25) is 0 Å². The summed E-state index contributed by atoms with van der Waals surface area (Å²) in [7, 11) is 2.07. The summed E-state index contributed by atoms with van der Waals surface area (Å²) in [5.41, 5.74) is 1.63. The van der Waals surface area contributed by atoms with Crippen LogP contribution in [0.2, 0.25) is 0 Å². The minimum absolute atomic E-state index is 0.0675. The Bertz CT molecular complexity index is 714. The fourth-order valence-electron chi connectivity index (χ4n) is 3.58. The number of phenols is 1. The number of likely N-dealkylation sites (tertiary alicyclic amines) is 1. The molecule has 1 aromatic heterocycles. The summed E-state index contributed by atoms with van der Waals surface area (Å²) in [6, 6.07) is 7.03. The van der Waals surface area contributed by atoms with E-state index in [-0.39, 0.29) is 11.8 Å². The molecule has 4 nitrogen and oxygen atoms in total. The maximum atomic E-state index is 11.0. The molecule has 0 radical (unpaired) electrons. The molecule has 2 N–H and O–H groups in total. The lowest BCUT2D eigenvalue weighted by atomic mass is 9.85. The maximum absolute atomic E-state index is 11.0. The standard InChI is InChI=1S/C19H24N2O2/c1-3-4-13-8-10-21(2)18(11-13)19(23)15-7-9-20-17-6-5-14(22)12-16(15)17/h3-7,9,12-13,18-19,22-23H,8,10-11H2,1-2H3/t13?,18-,19+/m1/s1. The number of allylic oxidation sites excluding steroid dienone is 2. The smallest absolute Gasteiger partial charge is 0.116 e. The number of piperidine rings is 1. The molecule has 0 spiro atoms. The summed E-state index contributed by atoms with van der Waals surface area (Å²) in [4.78, 5) is 6.56. The quantitative estimate of drug-likeness (QED) is 0.854. The lowest BCUT2D eigenvalue weighted by molar-refractivity contribution is 0.0304. The van der Waals surface area contributed by atoms with Crippen LogP contribution >= 0.6 is 0 Å². The molecule has 3 atom stereocenters. The van der Waals surface area contributed by atoms with Crippen molar-refractivity contribution in [2.24, 2.45) is 5.92 Å². The van der Waals surface area contributed by atoms with Gasteiger partial charge in [0.25, 0.3) is 0 Å². The lowest BCUT2D eigenvalue weighted by Gasteiger charge is -2.39. The third-order valence-electron chi connectivity index (χ3n) is 4.87. The van der Waals surface area contributed by atoms with Crippen LogP contribution in [0.3, 0.4) is 0 Å². The van der Waals surface area contributed by atoms with Gasteiger partial charge in [-0.1, -0.05) is 12.2 Å². The first-order chi connectivity index (χ1) is 11.1. The van der Waals surface area contributed by atoms with Crippen molar-refractivity contribution in [1.82, 2.24) is 9.88 Å². The summed E-state index contributed by atoms with van der Waals surface area (Å²) < 4.78 is 0. The monoisotopic (exact) mass is 312 g/mol. The van der Waals surface area contributed by atoms with Crippen molar-refractivity contribution < 1.29 is 10.2 Å². The van der Waals surface area contributed by atoms with Gasteiger partial charge < -0.3 is 15.1 Å². The van der Waals surface area contributed by atoms with E-state index >= 15 is 0 Å². The van der Waals surface area contributed by atoms with Crippen molar-refractivity contribution >= 4 is 10.9 Å². The number of hydrogen-bond donors (Lipinski definition) is 2. The summed E-state index contributed by atoms with van der Waals surface area (Å²) in [6.07, 6.45) is 7.53. The Hall–Kier alpha value is -1.91. The fourth-order valence-corrected chi connectivity index (χ4v) is 3.58. The number of hydrogen-bond acceptors (Lipinski definition) is 4. The van der Waals surface area contributed by atoms with Gasteiger partial charge >= 0.3 is 0 Å². The van der Waals surface area contributed by atoms with Crippen molar-refractivity contribution in [2.45, 2.75) is 31.9 Å². The van der Waals surface area contributed by atoms with Gasteiger partial charge in [-0.3, -0.25) is 4.98 Å². The molecule has 3 rings (SSSR count). The van der Waals surface area contributed by atoms with Crippen molar-refractivity contribution in [1.29, 1.82) is 0 Å². The third kappa shape index (κ3) is 3.23. The Morgan fingerprint density at radius 1 is 1.35 bits per heavy atom. The van der Waals surface area contributed by atoms with Gasteiger partial charge in [0.1, 0.15) is 5.75 Å². The second-order valence-corrected chi connectivity index (χ2v) is 6.40. The second kappa shape index (κ2) is 6.69. The van der Waals surface area contributed by atoms with Crippen LogP contribution in [0.15, 0.2) is 42.6 Å². The molecule has 1 unspecified atom stereocenters. The molecule has 0 amide bonds. The number of nitrogens with zero attached hydrogens (tertiary/aromatic N) is 2. The minimum Gasteiger partial charge on any atom is -0.508 e. The molecule has 1 aromatic carbocycles. The van der Waals surface area contributed by atoms with Gasteiger partial charge in [0.15, 0.2) is 0 Å². The number of benzene rings is 1. The Balaban J connectivity index is 1.95. The summed E-state index contributed by atoms with van der Waals surface area (Å²) >= 11 is 0. The van der Waals surface area contributed by atoms with E-state index in [1.54, 1.807) is 24.4 Å². The van der Waals surface area contributed by atoms with Gasteiger partial charge in [0, 0.05) is 17.6 Å². The number of aromatic nitrogens is 1. The summed E-state index contributed by atoms with van der Waals surface area (Å²) in [5.74, 6) is 0.708. The zero-order valence-electron chi connectivity index (χ0n) is 13.7. The first-order valence-electron chi connectivity index (χ1n) is 8.19. The molecular formula is C19H24N2O2. The number of fused-ring (bicyclic) bond motifs is 1. The van der Waals surface area contributed by atoms with Crippen LogP contribution < -0.4 is 0 Å². The van der Waals surface area contributed by atoms with E-state index in [1.807, 2.05) is 13.0 Å². The van der Waals surface area contributed by atoms with E-state index in [0.717, 1.165) is 35.9 Å². The second-order valence-electron chi connectivity index (χ2n) is 6.40. The fraction of sp³-hybridized carbons (Fsp3) is 0.421. The van der Waals surface area contributed by atoms with Crippen molar-refractivity contribution in [3.8, 4) is 5.75 Å². The number of rotatable bonds is 3.